The van der Waals surface area contributed by atoms with Gasteiger partial charge in [0.25, 0.3) is 0 Å². The fourth-order valence-electron chi connectivity index (χ4n) is 4.73. The van der Waals surface area contributed by atoms with E-state index in [1.165, 1.54) is 7.11 Å². The van der Waals surface area contributed by atoms with Gasteiger partial charge < -0.3 is 14.2 Å². The van der Waals surface area contributed by atoms with Crippen molar-refractivity contribution in [1.82, 2.24) is 4.98 Å². The van der Waals surface area contributed by atoms with Crippen LogP contribution in [0.25, 0.3) is 21.9 Å². The molecule has 7 heteroatoms. The highest BCUT2D eigenvalue weighted by atomic mass is 16.5. The minimum absolute atomic E-state index is 0.0889. The molecule has 1 amide bonds. The summed E-state index contributed by atoms with van der Waals surface area (Å²) < 4.78 is 16.0. The Hall–Kier alpha value is -4.39. The SMILES string of the molecule is CC.COC(=O)c1cc(-c2ccc(OC)c(C)c2)ccc1CN(C(=O)CC(C)(C)C)c1nccc2cc(OC)ccc12. The summed E-state index contributed by atoms with van der Waals surface area (Å²) in [6.07, 6.45) is 1.99. The lowest BCUT2D eigenvalue weighted by molar-refractivity contribution is -0.120. The normalized spacial score (nSPS) is 10.9. The van der Waals surface area contributed by atoms with Gasteiger partial charge in [-0.2, -0.15) is 0 Å². The minimum atomic E-state index is -0.471. The number of anilines is 1. The first-order valence-corrected chi connectivity index (χ1v) is 14.1. The molecular weight excluding hydrogens is 528 g/mol. The van der Waals surface area contributed by atoms with Gasteiger partial charge in [-0.05, 0) is 82.4 Å². The zero-order chi connectivity index (χ0) is 31.0. The highest BCUT2D eigenvalue weighted by molar-refractivity contribution is 6.03. The van der Waals surface area contributed by atoms with Crippen LogP contribution in [0, 0.1) is 12.3 Å². The molecule has 4 aromatic rings. The third kappa shape index (κ3) is 7.46. The number of aromatic nitrogens is 1. The summed E-state index contributed by atoms with van der Waals surface area (Å²) in [4.78, 5) is 33.1. The molecule has 3 aromatic carbocycles. The monoisotopic (exact) mass is 570 g/mol. The zero-order valence-electron chi connectivity index (χ0n) is 26.2. The molecule has 0 aliphatic rings. The fourth-order valence-corrected chi connectivity index (χ4v) is 4.73. The van der Waals surface area contributed by atoms with Crippen molar-refractivity contribution in [2.75, 3.05) is 26.2 Å². The van der Waals surface area contributed by atoms with Crippen molar-refractivity contribution in [2.24, 2.45) is 5.41 Å². The lowest BCUT2D eigenvalue weighted by Gasteiger charge is -2.28. The molecule has 0 N–H and O–H groups in total. The number of hydrogen-bond donors (Lipinski definition) is 0. The second-order valence-corrected chi connectivity index (χ2v) is 11.0. The van der Waals surface area contributed by atoms with Gasteiger partial charge in [0.05, 0.1) is 33.4 Å². The Balaban J connectivity index is 0.00000237. The average molecular weight is 571 g/mol. The number of methoxy groups -OCH3 is 3. The van der Waals surface area contributed by atoms with E-state index >= 15 is 0 Å². The number of pyridine rings is 1. The van der Waals surface area contributed by atoms with Crippen molar-refractivity contribution in [3.8, 4) is 22.6 Å². The molecule has 0 fully saturated rings. The second kappa shape index (κ2) is 14.0. The van der Waals surface area contributed by atoms with Gasteiger partial charge in [-0.25, -0.2) is 9.78 Å². The van der Waals surface area contributed by atoms with Crippen LogP contribution in [0.2, 0.25) is 0 Å². The maximum absolute atomic E-state index is 13.8. The van der Waals surface area contributed by atoms with Gasteiger partial charge in [0.1, 0.15) is 17.3 Å². The highest BCUT2D eigenvalue weighted by Crippen LogP contribution is 2.33. The third-order valence-corrected chi connectivity index (χ3v) is 6.76. The van der Waals surface area contributed by atoms with E-state index in [0.717, 1.165) is 39.0 Å². The van der Waals surface area contributed by atoms with E-state index in [4.69, 9.17) is 14.2 Å². The molecule has 0 aliphatic heterocycles. The Kier molecular flexibility index (Phi) is 10.7. The number of nitrogens with zero attached hydrogens (tertiary/aromatic N) is 2. The van der Waals surface area contributed by atoms with Crippen molar-refractivity contribution >= 4 is 28.5 Å². The molecule has 0 radical (unpaired) electrons. The molecule has 0 atom stereocenters. The molecule has 1 aromatic heterocycles. The molecule has 0 aliphatic carbocycles. The molecule has 0 saturated heterocycles. The zero-order valence-corrected chi connectivity index (χ0v) is 26.2. The maximum atomic E-state index is 13.8. The van der Waals surface area contributed by atoms with Crippen LogP contribution in [0.5, 0.6) is 11.5 Å². The van der Waals surface area contributed by atoms with Crippen LogP contribution < -0.4 is 14.4 Å². The van der Waals surface area contributed by atoms with Crippen LogP contribution in [0.15, 0.2) is 66.9 Å². The number of esters is 1. The van der Waals surface area contributed by atoms with Crippen LogP contribution in [0.4, 0.5) is 5.82 Å². The van der Waals surface area contributed by atoms with Gasteiger partial charge in [-0.1, -0.05) is 52.8 Å². The predicted octanol–water partition coefficient (Wildman–Crippen LogP) is 8.01. The Morgan fingerprint density at radius 2 is 1.55 bits per heavy atom. The quantitative estimate of drug-likeness (QED) is 0.200. The van der Waals surface area contributed by atoms with Crippen LogP contribution in [0.3, 0.4) is 0 Å². The summed E-state index contributed by atoms with van der Waals surface area (Å²) in [7, 11) is 4.62. The Morgan fingerprint density at radius 3 is 2.17 bits per heavy atom. The van der Waals surface area contributed by atoms with Crippen molar-refractivity contribution < 1.29 is 23.8 Å². The van der Waals surface area contributed by atoms with Crippen LogP contribution in [-0.2, 0) is 16.1 Å². The summed E-state index contributed by atoms with van der Waals surface area (Å²) in [5.41, 5.74) is 3.60. The van der Waals surface area contributed by atoms with Crippen LogP contribution >= 0.6 is 0 Å². The van der Waals surface area contributed by atoms with E-state index in [1.807, 2.05) is 102 Å². The first-order chi connectivity index (χ1) is 20.0. The van der Waals surface area contributed by atoms with E-state index in [9.17, 15) is 9.59 Å². The Labute approximate surface area is 249 Å². The summed E-state index contributed by atoms with van der Waals surface area (Å²) in [5.74, 6) is 1.48. The number of amides is 1. The number of hydrogen-bond acceptors (Lipinski definition) is 6. The largest absolute Gasteiger partial charge is 0.497 e. The molecule has 7 nitrogen and oxygen atoms in total. The predicted molar refractivity (Wildman–Crippen MR) is 169 cm³/mol. The molecule has 0 unspecified atom stereocenters. The summed E-state index contributed by atoms with van der Waals surface area (Å²) >= 11 is 0. The van der Waals surface area contributed by atoms with E-state index in [0.29, 0.717) is 23.4 Å². The van der Waals surface area contributed by atoms with E-state index in [2.05, 4.69) is 4.98 Å². The van der Waals surface area contributed by atoms with Crippen molar-refractivity contribution in [3.63, 3.8) is 0 Å². The lowest BCUT2D eigenvalue weighted by atomic mass is 9.91. The fraction of sp³-hybridized carbons (Fsp3) is 0.343. The number of aryl methyl sites for hydroxylation is 1. The number of rotatable bonds is 8. The van der Waals surface area contributed by atoms with Crippen molar-refractivity contribution in [3.05, 3.63) is 83.6 Å². The van der Waals surface area contributed by atoms with Gasteiger partial charge in [-0.3, -0.25) is 9.69 Å². The van der Waals surface area contributed by atoms with Crippen LogP contribution in [-0.4, -0.2) is 38.2 Å². The highest BCUT2D eigenvalue weighted by Gasteiger charge is 2.27. The first kappa shape index (κ1) is 32.1. The number of fused-ring (bicyclic) bond motifs is 1. The molecule has 222 valence electrons. The van der Waals surface area contributed by atoms with Crippen molar-refractivity contribution in [2.45, 2.75) is 54.5 Å². The minimum Gasteiger partial charge on any atom is -0.497 e. The molecular formula is C35H42N2O5. The van der Waals surface area contributed by atoms with Crippen LogP contribution in [0.1, 0.15) is 62.5 Å². The van der Waals surface area contributed by atoms with E-state index in [1.54, 1.807) is 25.3 Å². The average Bonchev–Trinajstić information content (AvgIpc) is 2.99. The van der Waals surface area contributed by atoms with Gasteiger partial charge in [0.15, 0.2) is 0 Å². The molecule has 1 heterocycles. The Morgan fingerprint density at radius 1 is 0.857 bits per heavy atom. The van der Waals surface area contributed by atoms with Gasteiger partial charge >= 0.3 is 5.97 Å². The third-order valence-electron chi connectivity index (χ3n) is 6.76. The van der Waals surface area contributed by atoms with Crippen molar-refractivity contribution in [1.29, 1.82) is 0 Å². The number of carbonyl (C=O) groups excluding carboxylic acids is 2. The number of carbonyl (C=O) groups is 2. The summed E-state index contributed by atoms with van der Waals surface area (Å²) in [5, 5.41) is 1.71. The maximum Gasteiger partial charge on any atom is 0.338 e. The molecule has 0 bridgehead atoms. The lowest BCUT2D eigenvalue weighted by Crippen LogP contribution is -2.34. The van der Waals surface area contributed by atoms with Gasteiger partial charge in [-0.15, -0.1) is 0 Å². The standard InChI is InChI=1S/C33H36N2O5.C2H6/c1-21-16-22(10-13-29(21)39-6)23-8-9-25(28(18-23)32(37)40-7)20-35(30(36)19-33(2,3)4)31-27-12-11-26(38-5)17-24(27)14-15-34-31;1-2/h8-18H,19-20H2,1-7H3;1-2H3. The summed E-state index contributed by atoms with van der Waals surface area (Å²) in [6, 6.07) is 19.1. The Bertz CT molecular complexity index is 1560. The molecule has 0 spiro atoms. The second-order valence-electron chi connectivity index (χ2n) is 11.0. The molecule has 4 rings (SSSR count). The topological polar surface area (TPSA) is 78.0 Å². The summed E-state index contributed by atoms with van der Waals surface area (Å²) in [6.45, 7) is 12.2. The number of benzene rings is 3. The van der Waals surface area contributed by atoms with E-state index < -0.39 is 5.97 Å². The molecule has 0 saturated carbocycles. The van der Waals surface area contributed by atoms with Gasteiger partial charge in [0, 0.05) is 18.0 Å². The number of ether oxygens (including phenoxy) is 3. The smallest absolute Gasteiger partial charge is 0.338 e. The van der Waals surface area contributed by atoms with Gasteiger partial charge in [0.2, 0.25) is 5.91 Å². The first-order valence-electron chi connectivity index (χ1n) is 14.1. The molecule has 42 heavy (non-hydrogen) atoms. The van der Waals surface area contributed by atoms with E-state index in [-0.39, 0.29) is 17.9 Å².